The number of aromatic nitrogens is 1. The first-order valence-electron chi connectivity index (χ1n) is 5.83. The molecule has 0 aromatic carbocycles. The van der Waals surface area contributed by atoms with Crippen LogP contribution in [0.15, 0.2) is 18.3 Å². The molecule has 1 N–H and O–H groups in total. The lowest BCUT2D eigenvalue weighted by Crippen LogP contribution is -2.35. The topological polar surface area (TPSA) is 43.4 Å². The van der Waals surface area contributed by atoms with Crippen LogP contribution in [0, 0.1) is 0 Å². The third kappa shape index (κ3) is 5.65. The third-order valence-electron chi connectivity index (χ3n) is 2.19. The first kappa shape index (κ1) is 13.9. The average molecular weight is 238 g/mol. The van der Waals surface area contributed by atoms with Crippen LogP contribution in [0.1, 0.15) is 26.3 Å². The Balaban J connectivity index is 2.58. The van der Waals surface area contributed by atoms with Gasteiger partial charge < -0.3 is 14.8 Å². The highest BCUT2D eigenvalue weighted by Gasteiger charge is 2.11. The Morgan fingerprint density at radius 1 is 1.29 bits per heavy atom. The molecule has 0 saturated carbocycles. The van der Waals surface area contributed by atoms with Crippen LogP contribution < -0.4 is 10.1 Å². The summed E-state index contributed by atoms with van der Waals surface area (Å²) >= 11 is 0. The molecule has 0 amide bonds. The zero-order valence-electron chi connectivity index (χ0n) is 11.1. The van der Waals surface area contributed by atoms with Crippen molar-refractivity contribution in [1.29, 1.82) is 0 Å². The van der Waals surface area contributed by atoms with E-state index in [1.54, 1.807) is 13.3 Å². The van der Waals surface area contributed by atoms with Crippen molar-refractivity contribution in [2.75, 3.05) is 20.3 Å². The first-order valence-corrected chi connectivity index (χ1v) is 5.83. The fourth-order valence-electron chi connectivity index (χ4n) is 1.27. The molecule has 0 fully saturated rings. The fraction of sp³-hybridized carbons (Fsp3) is 0.615. The van der Waals surface area contributed by atoms with Crippen molar-refractivity contribution in [3.63, 3.8) is 0 Å². The van der Waals surface area contributed by atoms with E-state index >= 15 is 0 Å². The van der Waals surface area contributed by atoms with Gasteiger partial charge in [-0.05, 0) is 26.8 Å². The second kappa shape index (κ2) is 6.57. The molecule has 0 aliphatic rings. The monoisotopic (exact) mass is 238 g/mol. The van der Waals surface area contributed by atoms with Crippen molar-refractivity contribution >= 4 is 0 Å². The van der Waals surface area contributed by atoms with Crippen LogP contribution in [-0.4, -0.2) is 30.8 Å². The molecule has 0 aliphatic carbocycles. The van der Waals surface area contributed by atoms with E-state index in [-0.39, 0.29) is 5.54 Å². The average Bonchev–Trinajstić information content (AvgIpc) is 2.27. The molecule has 96 valence electrons. The van der Waals surface area contributed by atoms with Crippen molar-refractivity contribution in [3.05, 3.63) is 23.9 Å². The summed E-state index contributed by atoms with van der Waals surface area (Å²) in [5, 5.41) is 3.42. The maximum Gasteiger partial charge on any atom is 0.217 e. The molecule has 4 nitrogen and oxygen atoms in total. The van der Waals surface area contributed by atoms with Gasteiger partial charge in [-0.15, -0.1) is 0 Å². The van der Waals surface area contributed by atoms with Crippen LogP contribution in [0.5, 0.6) is 5.88 Å². The van der Waals surface area contributed by atoms with Gasteiger partial charge in [-0.2, -0.15) is 0 Å². The van der Waals surface area contributed by atoms with E-state index in [0.717, 1.165) is 12.1 Å². The minimum atomic E-state index is 0.0830. The molecule has 1 heterocycles. The molecule has 0 atom stereocenters. The van der Waals surface area contributed by atoms with Gasteiger partial charge in [0.15, 0.2) is 0 Å². The smallest absolute Gasteiger partial charge is 0.217 e. The summed E-state index contributed by atoms with van der Waals surface area (Å²) in [6.07, 6.45) is 1.74. The summed E-state index contributed by atoms with van der Waals surface area (Å²) in [5.41, 5.74) is 1.15. The third-order valence-corrected chi connectivity index (χ3v) is 2.19. The number of hydrogen-bond donors (Lipinski definition) is 1. The highest BCUT2D eigenvalue weighted by atomic mass is 16.5. The Morgan fingerprint density at radius 3 is 2.71 bits per heavy atom. The Morgan fingerprint density at radius 2 is 2.06 bits per heavy atom. The van der Waals surface area contributed by atoms with E-state index in [1.165, 1.54) is 0 Å². The molecule has 1 rings (SSSR count). The molecular weight excluding hydrogens is 216 g/mol. The highest BCUT2D eigenvalue weighted by molar-refractivity contribution is 5.25. The molecule has 1 aromatic rings. The van der Waals surface area contributed by atoms with Crippen molar-refractivity contribution in [3.8, 4) is 5.88 Å². The summed E-state index contributed by atoms with van der Waals surface area (Å²) in [7, 11) is 1.66. The number of nitrogens with one attached hydrogen (secondary N) is 1. The second-order valence-corrected chi connectivity index (χ2v) is 4.91. The lowest BCUT2D eigenvalue weighted by Gasteiger charge is -2.21. The molecule has 0 bridgehead atoms. The van der Waals surface area contributed by atoms with Gasteiger partial charge >= 0.3 is 0 Å². The molecule has 0 unspecified atom stereocenters. The lowest BCUT2D eigenvalue weighted by atomic mass is 10.1. The van der Waals surface area contributed by atoms with E-state index in [9.17, 15) is 0 Å². The summed E-state index contributed by atoms with van der Waals surface area (Å²) in [6, 6.07) is 3.94. The Hall–Kier alpha value is -1.13. The van der Waals surface area contributed by atoms with Gasteiger partial charge in [0.25, 0.3) is 0 Å². The normalized spacial score (nSPS) is 11.5. The minimum absolute atomic E-state index is 0.0830. The Bertz CT molecular complexity index is 334. The molecule has 0 aliphatic heterocycles. The van der Waals surface area contributed by atoms with Crippen LogP contribution in [0.3, 0.4) is 0 Å². The van der Waals surface area contributed by atoms with Crippen molar-refractivity contribution in [1.82, 2.24) is 10.3 Å². The number of hydrogen-bond acceptors (Lipinski definition) is 4. The first-order chi connectivity index (χ1) is 8.03. The molecule has 17 heavy (non-hydrogen) atoms. The maximum atomic E-state index is 5.57. The van der Waals surface area contributed by atoms with Gasteiger partial charge in [0.2, 0.25) is 5.88 Å². The van der Waals surface area contributed by atoms with E-state index in [1.807, 2.05) is 12.1 Å². The van der Waals surface area contributed by atoms with Crippen LogP contribution in [0.4, 0.5) is 0 Å². The molecule has 1 aromatic heterocycles. The molecule has 0 spiro atoms. The number of rotatable bonds is 6. The number of ether oxygens (including phenoxy) is 2. The standard InChI is InChI=1S/C13H22N2O2/c1-13(2,3)15-10-11-6-5-7-14-12(11)17-9-8-16-4/h5-7,15H,8-10H2,1-4H3. The molecule has 0 radical (unpaired) electrons. The zero-order valence-corrected chi connectivity index (χ0v) is 11.1. The molecule has 4 heteroatoms. The number of methoxy groups -OCH3 is 1. The molecule has 0 saturated heterocycles. The van der Waals surface area contributed by atoms with Gasteiger partial charge in [0.1, 0.15) is 6.61 Å². The predicted molar refractivity (Wildman–Crippen MR) is 68.2 cm³/mol. The number of pyridine rings is 1. The lowest BCUT2D eigenvalue weighted by molar-refractivity contribution is 0.143. The minimum Gasteiger partial charge on any atom is -0.475 e. The SMILES string of the molecule is COCCOc1ncccc1CNC(C)(C)C. The van der Waals surface area contributed by atoms with Gasteiger partial charge in [-0.25, -0.2) is 4.98 Å². The van der Waals surface area contributed by atoms with Crippen molar-refractivity contribution in [2.24, 2.45) is 0 Å². The van der Waals surface area contributed by atoms with E-state index in [4.69, 9.17) is 9.47 Å². The second-order valence-electron chi connectivity index (χ2n) is 4.91. The highest BCUT2D eigenvalue weighted by Crippen LogP contribution is 2.15. The van der Waals surface area contributed by atoms with Crippen LogP contribution in [0.2, 0.25) is 0 Å². The molecular formula is C13H22N2O2. The predicted octanol–water partition coefficient (Wildman–Crippen LogP) is 1.99. The van der Waals surface area contributed by atoms with Gasteiger partial charge in [-0.3, -0.25) is 0 Å². The van der Waals surface area contributed by atoms with Crippen molar-refractivity contribution in [2.45, 2.75) is 32.9 Å². The maximum absolute atomic E-state index is 5.57. The van der Waals surface area contributed by atoms with Crippen molar-refractivity contribution < 1.29 is 9.47 Å². The van der Waals surface area contributed by atoms with Gasteiger partial charge in [0.05, 0.1) is 6.61 Å². The Kier molecular flexibility index (Phi) is 5.38. The summed E-state index contributed by atoms with van der Waals surface area (Å²) < 4.78 is 10.5. The van der Waals surface area contributed by atoms with Gasteiger partial charge in [0, 0.05) is 31.0 Å². The summed E-state index contributed by atoms with van der Waals surface area (Å²) in [4.78, 5) is 4.23. The summed E-state index contributed by atoms with van der Waals surface area (Å²) in [6.45, 7) is 8.25. The van der Waals surface area contributed by atoms with Crippen LogP contribution in [-0.2, 0) is 11.3 Å². The number of nitrogens with zero attached hydrogens (tertiary/aromatic N) is 1. The summed E-state index contributed by atoms with van der Waals surface area (Å²) in [5.74, 6) is 0.682. The largest absolute Gasteiger partial charge is 0.475 e. The van der Waals surface area contributed by atoms with Gasteiger partial charge in [-0.1, -0.05) is 6.07 Å². The van der Waals surface area contributed by atoms with Crippen LogP contribution >= 0.6 is 0 Å². The fourth-order valence-corrected chi connectivity index (χ4v) is 1.27. The van der Waals surface area contributed by atoms with Crippen LogP contribution in [0.25, 0.3) is 0 Å². The Labute approximate surface area is 103 Å². The van der Waals surface area contributed by atoms with E-state index in [0.29, 0.717) is 19.1 Å². The quantitative estimate of drug-likeness (QED) is 0.770. The zero-order chi connectivity index (χ0) is 12.7. The van der Waals surface area contributed by atoms with E-state index < -0.39 is 0 Å². The van der Waals surface area contributed by atoms with E-state index in [2.05, 4.69) is 31.1 Å².